The molecule has 0 saturated heterocycles. The summed E-state index contributed by atoms with van der Waals surface area (Å²) in [5, 5.41) is 23.8. The summed E-state index contributed by atoms with van der Waals surface area (Å²) in [6.07, 6.45) is 4.58. The average Bonchev–Trinajstić information content (AvgIpc) is 2.76. The molecule has 5 N–H and O–H groups in total. The van der Waals surface area contributed by atoms with Gasteiger partial charge in [0.25, 0.3) is 6.01 Å². The summed E-state index contributed by atoms with van der Waals surface area (Å²) in [6.45, 7) is 11.0. The van der Waals surface area contributed by atoms with Crippen LogP contribution in [-0.4, -0.2) is 42.4 Å². The molecule has 2 rings (SSSR count). The third kappa shape index (κ3) is 5.31. The van der Waals surface area contributed by atoms with Crippen LogP contribution in [0.4, 0.5) is 5.82 Å². The van der Waals surface area contributed by atoms with Gasteiger partial charge in [0, 0.05) is 11.7 Å². The normalized spacial score (nSPS) is 12.9. The van der Waals surface area contributed by atoms with E-state index < -0.39 is 5.60 Å². The minimum absolute atomic E-state index is 0.118. The van der Waals surface area contributed by atoms with Crippen LogP contribution in [0.1, 0.15) is 53.0 Å². The zero-order chi connectivity index (χ0) is 18.8. The highest BCUT2D eigenvalue weighted by Crippen LogP contribution is 2.29. The summed E-state index contributed by atoms with van der Waals surface area (Å²) < 4.78 is 1.62. The van der Waals surface area contributed by atoms with Gasteiger partial charge in [0.15, 0.2) is 5.82 Å². The van der Waals surface area contributed by atoms with Crippen LogP contribution < -0.4 is 11.1 Å². The molecule has 25 heavy (non-hydrogen) atoms. The fourth-order valence-electron chi connectivity index (χ4n) is 2.84. The second kappa shape index (κ2) is 7.17. The second-order valence-electron chi connectivity index (χ2n) is 8.31. The maximum atomic E-state index is 10.2. The number of imidazole rings is 1. The molecular formula is C18H31N5O2. The lowest BCUT2D eigenvalue weighted by Crippen LogP contribution is -2.36. The van der Waals surface area contributed by atoms with Crippen molar-refractivity contribution in [3.63, 3.8) is 0 Å². The Morgan fingerprint density at radius 3 is 2.48 bits per heavy atom. The predicted octanol–water partition coefficient (Wildman–Crippen LogP) is 2.20. The van der Waals surface area contributed by atoms with Gasteiger partial charge in [-0.15, -0.1) is 0 Å². The van der Waals surface area contributed by atoms with E-state index in [4.69, 9.17) is 5.73 Å². The number of unbranched alkanes of at least 4 members (excludes halogenated alkanes) is 1. The molecule has 0 fully saturated rings. The number of hydrogen-bond acceptors (Lipinski definition) is 6. The topological polar surface area (TPSA) is 109 Å². The smallest absolute Gasteiger partial charge is 0.295 e. The first kappa shape index (κ1) is 19.5. The van der Waals surface area contributed by atoms with Crippen LogP contribution in [0.25, 0.3) is 11.0 Å². The molecule has 0 aliphatic carbocycles. The van der Waals surface area contributed by atoms with E-state index in [0.717, 1.165) is 36.9 Å². The Morgan fingerprint density at radius 2 is 1.88 bits per heavy atom. The number of fused-ring (bicyclic) bond motifs is 1. The van der Waals surface area contributed by atoms with Crippen molar-refractivity contribution in [1.29, 1.82) is 0 Å². The Balaban J connectivity index is 2.20. The number of aryl methyl sites for hydroxylation is 1. The third-order valence-corrected chi connectivity index (χ3v) is 3.93. The Kier molecular flexibility index (Phi) is 5.58. The van der Waals surface area contributed by atoms with Gasteiger partial charge in [-0.05, 0) is 66.0 Å². The van der Waals surface area contributed by atoms with Gasteiger partial charge < -0.3 is 21.3 Å². The summed E-state index contributed by atoms with van der Waals surface area (Å²) in [7, 11) is 0. The number of aliphatic hydroxyl groups is 1. The molecule has 0 aliphatic rings. The van der Waals surface area contributed by atoms with Crippen LogP contribution in [0.5, 0.6) is 6.01 Å². The molecular weight excluding hydrogens is 318 g/mol. The maximum absolute atomic E-state index is 10.2. The van der Waals surface area contributed by atoms with E-state index in [1.807, 2.05) is 0 Å². The lowest BCUT2D eigenvalue weighted by molar-refractivity contribution is 0.0601. The number of nitrogens with one attached hydrogen (secondary N) is 1. The zero-order valence-corrected chi connectivity index (χ0v) is 15.9. The van der Waals surface area contributed by atoms with E-state index in [2.05, 4.69) is 36.1 Å². The van der Waals surface area contributed by atoms with Gasteiger partial charge in [0.05, 0.1) is 17.7 Å². The summed E-state index contributed by atoms with van der Waals surface area (Å²) in [4.78, 5) is 8.35. The Hall–Kier alpha value is -1.86. The minimum atomic E-state index is -0.975. The highest BCUT2D eigenvalue weighted by Gasteiger charge is 2.22. The second-order valence-corrected chi connectivity index (χ2v) is 8.31. The molecule has 0 saturated carbocycles. The standard InChI is InChI=1S/C18H31N5O2/c1-17(2,3)21-9-7-6-8-12-10-20-15(19)13-14(12)23(16(24)22-13)11-18(4,5)25/h10,21,25H,6-9,11H2,1-5H3,(H2,19,20)(H,22,24). The van der Waals surface area contributed by atoms with E-state index in [1.54, 1.807) is 24.6 Å². The Bertz CT molecular complexity index is 726. The molecule has 0 unspecified atom stereocenters. The number of rotatable bonds is 7. The van der Waals surface area contributed by atoms with Crippen LogP contribution in [-0.2, 0) is 13.0 Å². The van der Waals surface area contributed by atoms with Crippen LogP contribution >= 0.6 is 0 Å². The molecule has 0 amide bonds. The summed E-state index contributed by atoms with van der Waals surface area (Å²) >= 11 is 0. The van der Waals surface area contributed by atoms with Crippen molar-refractivity contribution < 1.29 is 10.2 Å². The quantitative estimate of drug-likeness (QED) is 0.571. The van der Waals surface area contributed by atoms with Gasteiger partial charge in [-0.1, -0.05) is 0 Å². The number of aromatic hydroxyl groups is 1. The van der Waals surface area contributed by atoms with Crippen LogP contribution in [0.2, 0.25) is 0 Å². The highest BCUT2D eigenvalue weighted by molar-refractivity contribution is 5.88. The molecule has 7 nitrogen and oxygen atoms in total. The molecule has 0 atom stereocenters. The van der Waals surface area contributed by atoms with Crippen molar-refractivity contribution >= 4 is 16.9 Å². The highest BCUT2D eigenvalue weighted by atomic mass is 16.3. The largest absolute Gasteiger partial charge is 0.480 e. The van der Waals surface area contributed by atoms with Crippen LogP contribution in [0, 0.1) is 0 Å². The summed E-state index contributed by atoms with van der Waals surface area (Å²) in [5.41, 5.74) is 7.30. The molecule has 2 aromatic rings. The van der Waals surface area contributed by atoms with Crippen molar-refractivity contribution in [2.24, 2.45) is 0 Å². The molecule has 0 aromatic carbocycles. The molecule has 0 radical (unpaired) electrons. The number of hydrogen-bond donors (Lipinski definition) is 4. The molecule has 0 aliphatic heterocycles. The molecule has 2 aromatic heterocycles. The van der Waals surface area contributed by atoms with E-state index in [-0.39, 0.29) is 23.9 Å². The lowest BCUT2D eigenvalue weighted by Gasteiger charge is -2.20. The number of nitrogen functional groups attached to an aromatic ring is 1. The van der Waals surface area contributed by atoms with Crippen molar-refractivity contribution in [2.75, 3.05) is 12.3 Å². The summed E-state index contributed by atoms with van der Waals surface area (Å²) in [6, 6.07) is -0.146. The first-order valence-electron chi connectivity index (χ1n) is 8.78. The fraction of sp³-hybridized carbons (Fsp3) is 0.667. The number of nitrogens with zero attached hydrogens (tertiary/aromatic N) is 3. The van der Waals surface area contributed by atoms with Crippen molar-refractivity contribution in [3.05, 3.63) is 11.8 Å². The molecule has 0 spiro atoms. The van der Waals surface area contributed by atoms with E-state index in [0.29, 0.717) is 5.52 Å². The van der Waals surface area contributed by atoms with Gasteiger partial charge in [0.2, 0.25) is 0 Å². The third-order valence-electron chi connectivity index (χ3n) is 3.93. The maximum Gasteiger partial charge on any atom is 0.295 e. The van der Waals surface area contributed by atoms with Gasteiger partial charge in [-0.25, -0.2) is 4.98 Å². The van der Waals surface area contributed by atoms with Gasteiger partial charge in [-0.3, -0.25) is 4.57 Å². The molecule has 7 heteroatoms. The first-order valence-corrected chi connectivity index (χ1v) is 8.78. The molecule has 140 valence electrons. The Morgan fingerprint density at radius 1 is 1.20 bits per heavy atom. The number of anilines is 1. The summed E-state index contributed by atoms with van der Waals surface area (Å²) in [5.74, 6) is 0.290. The number of nitrogens with two attached hydrogens (primary N) is 1. The van der Waals surface area contributed by atoms with Crippen molar-refractivity contribution in [2.45, 2.75) is 71.6 Å². The zero-order valence-electron chi connectivity index (χ0n) is 15.9. The SMILES string of the molecule is CC(C)(O)Cn1c(O)nc2c(N)ncc(CCCCNC(C)(C)C)c21. The number of aromatic nitrogens is 3. The fourth-order valence-corrected chi connectivity index (χ4v) is 2.84. The van der Waals surface area contributed by atoms with Crippen LogP contribution in [0.3, 0.4) is 0 Å². The lowest BCUT2D eigenvalue weighted by atomic mass is 10.1. The van der Waals surface area contributed by atoms with E-state index in [1.165, 1.54) is 0 Å². The van der Waals surface area contributed by atoms with Crippen molar-refractivity contribution in [1.82, 2.24) is 19.9 Å². The van der Waals surface area contributed by atoms with Crippen molar-refractivity contribution in [3.8, 4) is 6.01 Å². The monoisotopic (exact) mass is 349 g/mol. The van der Waals surface area contributed by atoms with Gasteiger partial charge >= 0.3 is 0 Å². The van der Waals surface area contributed by atoms with Crippen LogP contribution in [0.15, 0.2) is 6.20 Å². The molecule has 0 bridgehead atoms. The molecule has 2 heterocycles. The van der Waals surface area contributed by atoms with E-state index >= 15 is 0 Å². The minimum Gasteiger partial charge on any atom is -0.480 e. The van der Waals surface area contributed by atoms with Gasteiger partial charge in [0.1, 0.15) is 5.52 Å². The number of pyridine rings is 1. The van der Waals surface area contributed by atoms with Gasteiger partial charge in [-0.2, -0.15) is 4.98 Å². The average molecular weight is 349 g/mol. The Labute approximate surface area is 149 Å². The van der Waals surface area contributed by atoms with E-state index in [9.17, 15) is 10.2 Å². The first-order chi connectivity index (χ1) is 11.5. The predicted molar refractivity (Wildman–Crippen MR) is 101 cm³/mol.